The molecular weight excluding hydrogens is 380 g/mol. The molecule has 0 N–H and O–H groups in total. The number of nitrogens with zero attached hydrogens (tertiary/aromatic N) is 1. The second-order valence-corrected chi connectivity index (χ2v) is 8.05. The Balaban J connectivity index is 2.64. The molecule has 0 heterocycles. The molecule has 0 unspecified atom stereocenters. The molecule has 6 nitrogen and oxygen atoms in total. The molecule has 0 aliphatic heterocycles. The van der Waals surface area contributed by atoms with Crippen molar-refractivity contribution in [1.29, 1.82) is 0 Å². The third-order valence-corrected chi connectivity index (χ3v) is 5.32. The lowest BCUT2D eigenvalue weighted by Crippen LogP contribution is -2.32. The van der Waals surface area contributed by atoms with E-state index < -0.39 is 44.5 Å². The van der Waals surface area contributed by atoms with Gasteiger partial charge in [0.25, 0.3) is 0 Å². The molecule has 27 heavy (non-hydrogen) atoms. The second-order valence-electron chi connectivity index (χ2n) is 6.14. The van der Waals surface area contributed by atoms with Gasteiger partial charge in [0.15, 0.2) is 17.4 Å². The molecule has 1 saturated carbocycles. The number of ketones is 2. The van der Waals surface area contributed by atoms with Gasteiger partial charge in [0.05, 0.1) is 24.7 Å². The predicted molar refractivity (Wildman–Crippen MR) is 96.0 cm³/mol. The number of carbonyl (C=O) groups is 2. The summed E-state index contributed by atoms with van der Waals surface area (Å²) in [7, 11) is -3.99. The van der Waals surface area contributed by atoms with E-state index in [1.165, 1.54) is 6.92 Å². The van der Waals surface area contributed by atoms with E-state index in [4.69, 9.17) is 4.74 Å². The van der Waals surface area contributed by atoms with Crippen LogP contribution < -0.4 is 4.31 Å². The average Bonchev–Trinajstić information content (AvgIpc) is 3.43. The minimum Gasteiger partial charge on any atom is -0.501 e. The monoisotopic (exact) mass is 401 g/mol. The Labute approximate surface area is 156 Å². The molecule has 0 atom stereocenters. The maximum atomic E-state index is 14.5. The fraction of sp³-hybridized carbons (Fsp3) is 0.444. The van der Waals surface area contributed by atoms with Gasteiger partial charge in [-0.05, 0) is 38.8 Å². The lowest BCUT2D eigenvalue weighted by molar-refractivity contribution is -0.116. The Morgan fingerprint density at radius 1 is 1.26 bits per heavy atom. The standard InChI is InChI=1S/C18H21F2NO5S/c1-4-21(27(3,24)25)16-12(8-9-14(19)15(16)20)18(23)13(10-26-5-2)17(22)11-6-7-11/h8-11H,4-7H2,1-3H3/b13-10-. The van der Waals surface area contributed by atoms with Gasteiger partial charge in [0.2, 0.25) is 15.8 Å². The first-order valence-electron chi connectivity index (χ1n) is 8.49. The smallest absolute Gasteiger partial charge is 0.232 e. The molecule has 0 radical (unpaired) electrons. The summed E-state index contributed by atoms with van der Waals surface area (Å²) in [5.74, 6) is -4.44. The molecule has 9 heteroatoms. The molecule has 0 bridgehead atoms. The van der Waals surface area contributed by atoms with Crippen LogP contribution in [0.3, 0.4) is 0 Å². The van der Waals surface area contributed by atoms with Crippen molar-refractivity contribution >= 4 is 27.3 Å². The van der Waals surface area contributed by atoms with Crippen LogP contribution in [0.1, 0.15) is 37.0 Å². The van der Waals surface area contributed by atoms with Crippen molar-refractivity contribution in [3.8, 4) is 0 Å². The zero-order valence-electron chi connectivity index (χ0n) is 15.3. The maximum Gasteiger partial charge on any atom is 0.232 e. The van der Waals surface area contributed by atoms with Crippen molar-refractivity contribution in [2.75, 3.05) is 23.7 Å². The molecule has 0 aromatic heterocycles. The first kappa shape index (κ1) is 21.0. The van der Waals surface area contributed by atoms with Crippen molar-refractivity contribution in [2.45, 2.75) is 26.7 Å². The van der Waals surface area contributed by atoms with E-state index in [9.17, 15) is 26.8 Å². The van der Waals surface area contributed by atoms with Gasteiger partial charge < -0.3 is 4.74 Å². The topological polar surface area (TPSA) is 80.8 Å². The second kappa shape index (κ2) is 8.16. The van der Waals surface area contributed by atoms with E-state index >= 15 is 0 Å². The number of ether oxygens (including phenoxy) is 1. The zero-order valence-corrected chi connectivity index (χ0v) is 16.1. The largest absolute Gasteiger partial charge is 0.501 e. The molecule has 1 fully saturated rings. The van der Waals surface area contributed by atoms with Gasteiger partial charge in [-0.2, -0.15) is 0 Å². The van der Waals surface area contributed by atoms with E-state index in [1.54, 1.807) is 6.92 Å². The number of Topliss-reactive ketones (excluding diaryl/α,β-unsaturated/α-hetero) is 2. The van der Waals surface area contributed by atoms with Gasteiger partial charge in [-0.3, -0.25) is 13.9 Å². The highest BCUT2D eigenvalue weighted by Crippen LogP contribution is 2.35. The SMILES string of the molecule is CCO/C=C(\C(=O)c1ccc(F)c(F)c1N(CC)S(C)(=O)=O)C(=O)C1CC1. The third kappa shape index (κ3) is 4.52. The minimum atomic E-state index is -3.99. The molecule has 1 aromatic carbocycles. The van der Waals surface area contributed by atoms with Crippen molar-refractivity contribution in [1.82, 2.24) is 0 Å². The van der Waals surface area contributed by atoms with Gasteiger partial charge in [-0.1, -0.05) is 0 Å². The summed E-state index contributed by atoms with van der Waals surface area (Å²) in [6, 6.07) is 1.70. The fourth-order valence-electron chi connectivity index (χ4n) is 2.63. The highest BCUT2D eigenvalue weighted by molar-refractivity contribution is 7.92. The lowest BCUT2D eigenvalue weighted by atomic mass is 9.97. The lowest BCUT2D eigenvalue weighted by Gasteiger charge is -2.24. The molecule has 148 valence electrons. The Hall–Kier alpha value is -2.29. The molecule has 1 aromatic rings. The number of hydrogen-bond donors (Lipinski definition) is 0. The van der Waals surface area contributed by atoms with Crippen LogP contribution in [-0.2, 0) is 19.6 Å². The highest BCUT2D eigenvalue weighted by atomic mass is 32.2. The summed E-state index contributed by atoms with van der Waals surface area (Å²) >= 11 is 0. The molecule has 1 aliphatic rings. The van der Waals surface area contributed by atoms with Gasteiger partial charge in [0, 0.05) is 12.5 Å². The number of hydrogen-bond acceptors (Lipinski definition) is 5. The molecule has 0 saturated heterocycles. The Bertz CT molecular complexity index is 891. The van der Waals surface area contributed by atoms with E-state index in [0.29, 0.717) is 17.1 Å². The number of carbonyl (C=O) groups excluding carboxylic acids is 2. The summed E-state index contributed by atoms with van der Waals surface area (Å²) in [5.41, 5.74) is -1.44. The number of halogens is 2. The number of sulfonamides is 1. The summed E-state index contributed by atoms with van der Waals surface area (Å²) in [4.78, 5) is 25.4. The Morgan fingerprint density at radius 2 is 1.89 bits per heavy atom. The summed E-state index contributed by atoms with van der Waals surface area (Å²) in [5, 5.41) is 0. The molecular formula is C18H21F2NO5S. The molecule has 1 aliphatic carbocycles. The Morgan fingerprint density at radius 3 is 2.37 bits per heavy atom. The van der Waals surface area contributed by atoms with Crippen LogP contribution in [0.2, 0.25) is 0 Å². The van der Waals surface area contributed by atoms with Crippen LogP contribution in [0.5, 0.6) is 0 Å². The van der Waals surface area contributed by atoms with Crippen LogP contribution >= 0.6 is 0 Å². The first-order valence-corrected chi connectivity index (χ1v) is 10.3. The quantitative estimate of drug-likeness (QED) is 0.209. The van der Waals surface area contributed by atoms with E-state index in [0.717, 1.165) is 24.7 Å². The minimum absolute atomic E-state index is 0.198. The van der Waals surface area contributed by atoms with Gasteiger partial charge in [0.1, 0.15) is 11.3 Å². The number of rotatable bonds is 9. The summed E-state index contributed by atoms with van der Waals surface area (Å²) in [6.07, 6.45) is 3.08. The summed E-state index contributed by atoms with van der Waals surface area (Å²) in [6.45, 7) is 3.06. The predicted octanol–water partition coefficient (Wildman–Crippen LogP) is 2.83. The van der Waals surface area contributed by atoms with E-state index in [-0.39, 0.29) is 24.6 Å². The fourth-order valence-corrected chi connectivity index (χ4v) is 3.61. The summed E-state index contributed by atoms with van der Waals surface area (Å²) < 4.78 is 58.0. The zero-order chi connectivity index (χ0) is 20.4. The Kier molecular flexibility index (Phi) is 6.35. The van der Waals surface area contributed by atoms with Gasteiger partial charge in [-0.25, -0.2) is 17.2 Å². The highest BCUT2D eigenvalue weighted by Gasteiger charge is 2.37. The van der Waals surface area contributed by atoms with Crippen molar-refractivity contribution in [3.63, 3.8) is 0 Å². The van der Waals surface area contributed by atoms with Crippen LogP contribution in [0.25, 0.3) is 0 Å². The third-order valence-electron chi connectivity index (χ3n) is 4.08. The number of anilines is 1. The molecule has 0 spiro atoms. The van der Waals surface area contributed by atoms with Crippen LogP contribution in [0.4, 0.5) is 14.5 Å². The number of benzene rings is 1. The molecule has 0 amide bonds. The first-order chi connectivity index (χ1) is 12.6. The normalized spacial score (nSPS) is 14.8. The van der Waals surface area contributed by atoms with Crippen LogP contribution in [0.15, 0.2) is 24.0 Å². The average molecular weight is 401 g/mol. The van der Waals surface area contributed by atoms with Crippen molar-refractivity contribution < 1.29 is 31.5 Å². The van der Waals surface area contributed by atoms with E-state index in [1.807, 2.05) is 0 Å². The molecule has 2 rings (SSSR count). The van der Waals surface area contributed by atoms with E-state index in [2.05, 4.69) is 0 Å². The van der Waals surface area contributed by atoms with Gasteiger partial charge >= 0.3 is 0 Å². The van der Waals surface area contributed by atoms with Crippen LogP contribution in [0, 0.1) is 17.6 Å². The van der Waals surface area contributed by atoms with Gasteiger partial charge in [-0.15, -0.1) is 0 Å². The maximum absolute atomic E-state index is 14.5. The van der Waals surface area contributed by atoms with Crippen LogP contribution in [-0.4, -0.2) is 39.4 Å². The van der Waals surface area contributed by atoms with Crippen molar-refractivity contribution in [3.05, 3.63) is 41.2 Å². The van der Waals surface area contributed by atoms with Crippen molar-refractivity contribution in [2.24, 2.45) is 5.92 Å². The number of allylic oxidation sites excluding steroid dienone is 1.